The van der Waals surface area contributed by atoms with Gasteiger partial charge in [0, 0.05) is 13.1 Å². The van der Waals surface area contributed by atoms with E-state index < -0.39 is 17.6 Å². The van der Waals surface area contributed by atoms with Crippen molar-refractivity contribution in [3.8, 4) is 0 Å². The lowest BCUT2D eigenvalue weighted by atomic mass is 9.84. The summed E-state index contributed by atoms with van der Waals surface area (Å²) in [6, 6.07) is 1.87. The van der Waals surface area contributed by atoms with Gasteiger partial charge in [0.2, 0.25) is 0 Å². The third kappa shape index (κ3) is 3.34. The standard InChI is InChI=1S/C16H21F2NO2/c1-3-10-4-6-12(7-5-10)19(2)15-13(17)8-11(16(20)21)9-14(15)18/h8-10,12H,3-7H2,1-2H3,(H,20,21). The summed E-state index contributed by atoms with van der Waals surface area (Å²) in [6.45, 7) is 2.17. The monoisotopic (exact) mass is 297 g/mol. The Kier molecular flexibility index (Phi) is 4.80. The van der Waals surface area contributed by atoms with Gasteiger partial charge in [-0.15, -0.1) is 0 Å². The highest BCUT2D eigenvalue weighted by Gasteiger charge is 2.27. The molecular formula is C16H21F2NO2. The van der Waals surface area contributed by atoms with Gasteiger partial charge in [0.05, 0.1) is 5.56 Å². The number of nitrogens with zero attached hydrogens (tertiary/aromatic N) is 1. The number of hydrogen-bond donors (Lipinski definition) is 1. The van der Waals surface area contributed by atoms with Crippen molar-refractivity contribution >= 4 is 11.7 Å². The van der Waals surface area contributed by atoms with Crippen molar-refractivity contribution in [1.29, 1.82) is 0 Å². The molecular weight excluding hydrogens is 276 g/mol. The number of halogens is 2. The topological polar surface area (TPSA) is 40.5 Å². The third-order valence-electron chi connectivity index (χ3n) is 4.56. The van der Waals surface area contributed by atoms with E-state index in [0.717, 1.165) is 44.2 Å². The molecule has 1 aliphatic rings. The first-order valence-electron chi connectivity index (χ1n) is 7.39. The molecule has 1 aromatic rings. The molecule has 0 spiro atoms. The Morgan fingerprint density at radius 1 is 1.24 bits per heavy atom. The minimum atomic E-state index is -1.33. The minimum Gasteiger partial charge on any atom is -0.478 e. The number of benzene rings is 1. The summed E-state index contributed by atoms with van der Waals surface area (Å²) in [5.74, 6) is -2.25. The zero-order valence-corrected chi connectivity index (χ0v) is 12.4. The quantitative estimate of drug-likeness (QED) is 0.910. The first kappa shape index (κ1) is 15.7. The second-order valence-corrected chi connectivity index (χ2v) is 5.79. The predicted molar refractivity (Wildman–Crippen MR) is 77.8 cm³/mol. The first-order valence-corrected chi connectivity index (χ1v) is 7.39. The fourth-order valence-corrected chi connectivity index (χ4v) is 3.15. The summed E-state index contributed by atoms with van der Waals surface area (Å²) in [5.41, 5.74) is -0.489. The van der Waals surface area contributed by atoms with Gasteiger partial charge in [0.25, 0.3) is 0 Å². The Morgan fingerprint density at radius 3 is 2.19 bits per heavy atom. The van der Waals surface area contributed by atoms with Crippen LogP contribution < -0.4 is 4.90 Å². The molecule has 116 valence electrons. The van der Waals surface area contributed by atoms with Crippen molar-refractivity contribution in [2.24, 2.45) is 5.92 Å². The van der Waals surface area contributed by atoms with Crippen LogP contribution in [0.25, 0.3) is 0 Å². The molecule has 0 heterocycles. The Balaban J connectivity index is 2.20. The lowest BCUT2D eigenvalue weighted by molar-refractivity contribution is 0.0695. The van der Waals surface area contributed by atoms with Gasteiger partial charge in [-0.1, -0.05) is 13.3 Å². The maximum atomic E-state index is 14.1. The number of carboxylic acids is 1. The van der Waals surface area contributed by atoms with Gasteiger partial charge in [-0.3, -0.25) is 0 Å². The van der Waals surface area contributed by atoms with E-state index in [9.17, 15) is 13.6 Å². The van der Waals surface area contributed by atoms with Crippen molar-refractivity contribution in [3.63, 3.8) is 0 Å². The highest BCUT2D eigenvalue weighted by atomic mass is 19.1. The maximum Gasteiger partial charge on any atom is 0.335 e. The molecule has 0 saturated heterocycles. The summed E-state index contributed by atoms with van der Waals surface area (Å²) >= 11 is 0. The summed E-state index contributed by atoms with van der Waals surface area (Å²) in [4.78, 5) is 12.4. The van der Waals surface area contributed by atoms with Gasteiger partial charge in [-0.25, -0.2) is 13.6 Å². The van der Waals surface area contributed by atoms with Crippen molar-refractivity contribution in [1.82, 2.24) is 0 Å². The number of hydrogen-bond acceptors (Lipinski definition) is 2. The number of carboxylic acid groups (broad SMARTS) is 1. The molecule has 1 aromatic carbocycles. The highest BCUT2D eigenvalue weighted by molar-refractivity contribution is 5.88. The van der Waals surface area contributed by atoms with Crippen LogP contribution in [0.3, 0.4) is 0 Å². The van der Waals surface area contributed by atoms with Gasteiger partial charge in [-0.05, 0) is 43.7 Å². The molecule has 1 aliphatic carbocycles. The molecule has 0 unspecified atom stereocenters. The fourth-order valence-electron chi connectivity index (χ4n) is 3.15. The molecule has 1 fully saturated rings. The molecule has 0 amide bonds. The molecule has 5 heteroatoms. The van der Waals surface area contributed by atoms with Gasteiger partial charge in [-0.2, -0.15) is 0 Å². The van der Waals surface area contributed by atoms with E-state index in [1.54, 1.807) is 11.9 Å². The van der Waals surface area contributed by atoms with Gasteiger partial charge < -0.3 is 10.0 Å². The van der Waals surface area contributed by atoms with E-state index in [0.29, 0.717) is 5.92 Å². The van der Waals surface area contributed by atoms with Crippen LogP contribution in [0.5, 0.6) is 0 Å². The van der Waals surface area contributed by atoms with Gasteiger partial charge >= 0.3 is 5.97 Å². The van der Waals surface area contributed by atoms with Crippen LogP contribution in [0, 0.1) is 17.6 Å². The third-order valence-corrected chi connectivity index (χ3v) is 4.56. The molecule has 21 heavy (non-hydrogen) atoms. The summed E-state index contributed by atoms with van der Waals surface area (Å²) in [7, 11) is 1.68. The highest BCUT2D eigenvalue weighted by Crippen LogP contribution is 2.33. The summed E-state index contributed by atoms with van der Waals surface area (Å²) < 4.78 is 28.1. The van der Waals surface area contributed by atoms with E-state index in [1.165, 1.54) is 0 Å². The molecule has 1 saturated carbocycles. The average molecular weight is 297 g/mol. The minimum absolute atomic E-state index is 0.104. The van der Waals surface area contributed by atoms with Gasteiger partial charge in [0.1, 0.15) is 17.3 Å². The molecule has 0 radical (unpaired) electrons. The number of rotatable bonds is 4. The average Bonchev–Trinajstić information content (AvgIpc) is 2.46. The summed E-state index contributed by atoms with van der Waals surface area (Å²) in [6.07, 6.45) is 5.11. The Hall–Kier alpha value is -1.65. The first-order chi connectivity index (χ1) is 9.93. The second-order valence-electron chi connectivity index (χ2n) is 5.79. The maximum absolute atomic E-state index is 14.1. The van der Waals surface area contributed by atoms with Crippen molar-refractivity contribution in [2.75, 3.05) is 11.9 Å². The van der Waals surface area contributed by atoms with Gasteiger partial charge in [0.15, 0.2) is 0 Å². The Labute approximate surface area is 123 Å². The lowest BCUT2D eigenvalue weighted by Gasteiger charge is -2.36. The van der Waals surface area contributed by atoms with E-state index in [1.807, 2.05) is 0 Å². The van der Waals surface area contributed by atoms with Crippen LogP contribution >= 0.6 is 0 Å². The van der Waals surface area contributed by atoms with Crippen molar-refractivity contribution in [3.05, 3.63) is 29.3 Å². The van der Waals surface area contributed by atoms with Crippen LogP contribution in [-0.4, -0.2) is 24.2 Å². The van der Waals surface area contributed by atoms with Crippen LogP contribution in [-0.2, 0) is 0 Å². The summed E-state index contributed by atoms with van der Waals surface area (Å²) in [5, 5.41) is 8.82. The number of carbonyl (C=O) groups is 1. The molecule has 0 bridgehead atoms. The Bertz CT molecular complexity index is 502. The largest absolute Gasteiger partial charge is 0.478 e. The Morgan fingerprint density at radius 2 is 1.76 bits per heavy atom. The lowest BCUT2D eigenvalue weighted by Crippen LogP contribution is -2.36. The van der Waals surface area contributed by atoms with E-state index in [-0.39, 0.29) is 17.3 Å². The van der Waals surface area contributed by atoms with E-state index in [4.69, 9.17) is 5.11 Å². The smallest absolute Gasteiger partial charge is 0.335 e. The van der Waals surface area contributed by atoms with Crippen molar-refractivity contribution in [2.45, 2.75) is 45.1 Å². The molecule has 0 aliphatic heterocycles. The zero-order chi connectivity index (χ0) is 15.6. The second kappa shape index (κ2) is 6.41. The normalized spacial score (nSPS) is 22.1. The molecule has 2 rings (SSSR count). The molecule has 3 nitrogen and oxygen atoms in total. The van der Waals surface area contributed by atoms with Crippen LogP contribution in [0.4, 0.5) is 14.5 Å². The molecule has 0 aromatic heterocycles. The molecule has 0 atom stereocenters. The van der Waals surface area contributed by atoms with Crippen molar-refractivity contribution < 1.29 is 18.7 Å². The van der Waals surface area contributed by atoms with Crippen LogP contribution in [0.2, 0.25) is 0 Å². The van der Waals surface area contributed by atoms with E-state index in [2.05, 4.69) is 6.92 Å². The molecule has 1 N–H and O–H groups in total. The SMILES string of the molecule is CCC1CCC(N(C)c2c(F)cc(C(=O)O)cc2F)CC1. The van der Waals surface area contributed by atoms with E-state index >= 15 is 0 Å². The fraction of sp³-hybridized carbons (Fsp3) is 0.562. The predicted octanol–water partition coefficient (Wildman–Crippen LogP) is 4.07. The number of anilines is 1. The van der Waals surface area contributed by atoms with Crippen LogP contribution in [0.1, 0.15) is 49.4 Å². The number of aromatic carboxylic acids is 1. The van der Waals surface area contributed by atoms with Crippen LogP contribution in [0.15, 0.2) is 12.1 Å². The zero-order valence-electron chi connectivity index (χ0n) is 12.4.